The van der Waals surface area contributed by atoms with E-state index in [-0.39, 0.29) is 12.5 Å². The Morgan fingerprint density at radius 3 is 2.11 bits per heavy atom. The lowest BCUT2D eigenvalue weighted by Crippen LogP contribution is -2.42. The van der Waals surface area contributed by atoms with Gasteiger partial charge in [-0.2, -0.15) is 26.3 Å². The lowest BCUT2D eigenvalue weighted by Gasteiger charge is -2.17. The minimum Gasteiger partial charge on any atom is -0.340 e. The number of hydrogen-bond acceptors (Lipinski definition) is 2. The third-order valence-electron chi connectivity index (χ3n) is 4.16. The molecular weight excluding hydrogens is 390 g/mol. The topological polar surface area (TPSA) is 58.2 Å². The van der Waals surface area contributed by atoms with Crippen LogP contribution in [0, 0.1) is 0 Å². The van der Waals surface area contributed by atoms with Gasteiger partial charge in [0.1, 0.15) is 6.04 Å². The van der Waals surface area contributed by atoms with E-state index in [1.54, 1.807) is 30.3 Å². The van der Waals surface area contributed by atoms with Crippen LogP contribution in [-0.2, 0) is 23.6 Å². The Balaban J connectivity index is 2.07. The highest BCUT2D eigenvalue weighted by atomic mass is 19.4. The molecule has 2 N–H and O–H groups in total. The van der Waals surface area contributed by atoms with E-state index >= 15 is 0 Å². The number of amides is 2. The summed E-state index contributed by atoms with van der Waals surface area (Å²) in [6, 6.07) is 7.25. The van der Waals surface area contributed by atoms with Crippen molar-refractivity contribution in [3.63, 3.8) is 0 Å². The third-order valence-corrected chi connectivity index (χ3v) is 4.16. The molecule has 10 heteroatoms. The summed E-state index contributed by atoms with van der Waals surface area (Å²) in [6.07, 6.45) is -10.4. The average Bonchev–Trinajstić information content (AvgIpc) is 2.70. The zero-order valence-corrected chi connectivity index (χ0v) is 13.9. The fraction of sp³-hybridized carbons (Fsp3) is 0.222. The molecule has 2 amide bonds. The first-order valence-electron chi connectivity index (χ1n) is 7.95. The van der Waals surface area contributed by atoms with E-state index in [9.17, 15) is 35.9 Å². The number of carbonyl (C=O) groups excluding carboxylic acids is 2. The number of benzene rings is 2. The Labute approximate surface area is 154 Å². The smallest absolute Gasteiger partial charge is 0.340 e. The third kappa shape index (κ3) is 3.95. The van der Waals surface area contributed by atoms with Gasteiger partial charge in [-0.3, -0.25) is 9.59 Å². The lowest BCUT2D eigenvalue weighted by molar-refractivity contribution is -0.143. The highest BCUT2D eigenvalue weighted by molar-refractivity contribution is 6.11. The van der Waals surface area contributed by atoms with E-state index in [1.165, 1.54) is 0 Å². The fourth-order valence-corrected chi connectivity index (χ4v) is 2.88. The van der Waals surface area contributed by atoms with Crippen LogP contribution in [0.15, 0.2) is 42.5 Å². The highest BCUT2D eigenvalue weighted by Crippen LogP contribution is 2.41. The van der Waals surface area contributed by atoms with Gasteiger partial charge in [0.05, 0.1) is 22.4 Å². The number of alkyl halides is 6. The van der Waals surface area contributed by atoms with E-state index in [0.29, 0.717) is 11.6 Å². The van der Waals surface area contributed by atoms with Crippen LogP contribution in [0.2, 0.25) is 0 Å². The van der Waals surface area contributed by atoms with Crippen molar-refractivity contribution in [2.24, 2.45) is 0 Å². The summed E-state index contributed by atoms with van der Waals surface area (Å²) in [5.41, 5.74) is -4.66. The molecule has 0 bridgehead atoms. The van der Waals surface area contributed by atoms with Gasteiger partial charge in [0.15, 0.2) is 0 Å². The number of anilines is 1. The van der Waals surface area contributed by atoms with Crippen molar-refractivity contribution in [3.05, 3.63) is 64.7 Å². The van der Waals surface area contributed by atoms with E-state index in [2.05, 4.69) is 5.32 Å². The van der Waals surface area contributed by atoms with E-state index in [4.69, 9.17) is 0 Å². The van der Waals surface area contributed by atoms with Gasteiger partial charge in [0.2, 0.25) is 5.91 Å². The molecule has 3 rings (SSSR count). The lowest BCUT2D eigenvalue weighted by atomic mass is 10.00. The van der Waals surface area contributed by atoms with Crippen LogP contribution in [0.4, 0.5) is 32.0 Å². The van der Waals surface area contributed by atoms with Crippen molar-refractivity contribution in [1.29, 1.82) is 0 Å². The second-order valence-electron chi connectivity index (χ2n) is 6.15. The molecule has 0 radical (unpaired) electrons. The molecule has 4 nitrogen and oxygen atoms in total. The molecule has 148 valence electrons. The molecule has 1 heterocycles. The Morgan fingerprint density at radius 1 is 0.893 bits per heavy atom. The van der Waals surface area contributed by atoms with Crippen molar-refractivity contribution in [2.75, 3.05) is 5.32 Å². The predicted octanol–water partition coefficient (Wildman–Crippen LogP) is 4.02. The molecule has 1 aliphatic heterocycles. The maximum absolute atomic E-state index is 13.3. The maximum atomic E-state index is 13.3. The Hall–Kier alpha value is -3.04. The molecule has 2 aromatic carbocycles. The van der Waals surface area contributed by atoms with Crippen LogP contribution >= 0.6 is 0 Å². The number of hydrogen-bond donors (Lipinski definition) is 2. The number of rotatable bonds is 2. The molecular formula is C18H12F6N2O2. The molecule has 1 atom stereocenters. The van der Waals surface area contributed by atoms with Crippen molar-refractivity contribution >= 4 is 17.5 Å². The van der Waals surface area contributed by atoms with E-state index in [0.717, 1.165) is 0 Å². The minimum absolute atomic E-state index is 0.0418. The Bertz CT molecular complexity index is 922. The van der Waals surface area contributed by atoms with Gasteiger partial charge in [-0.15, -0.1) is 0 Å². The second-order valence-corrected chi connectivity index (χ2v) is 6.15. The molecule has 0 aliphatic carbocycles. The van der Waals surface area contributed by atoms with Crippen molar-refractivity contribution in [1.82, 2.24) is 5.32 Å². The molecule has 28 heavy (non-hydrogen) atoms. The fourth-order valence-electron chi connectivity index (χ4n) is 2.88. The molecule has 0 fully saturated rings. The highest BCUT2D eigenvalue weighted by Gasteiger charge is 2.43. The Morgan fingerprint density at radius 2 is 1.54 bits per heavy atom. The first-order valence-corrected chi connectivity index (χ1v) is 7.95. The van der Waals surface area contributed by atoms with Gasteiger partial charge < -0.3 is 10.6 Å². The standard InChI is InChI=1S/C18H12F6N2O2/c19-17(20,21)10-7-11(18(22,23)24)14-12(8-10)25-15(27)13(26-16(14)28)6-9-4-2-1-3-5-9/h1-5,7-8,13H,6H2,(H,25,27)(H,26,28). The normalized spacial score (nSPS) is 17.4. The summed E-state index contributed by atoms with van der Waals surface area (Å²) in [7, 11) is 0. The van der Waals surface area contributed by atoms with Crippen LogP contribution in [-0.4, -0.2) is 17.9 Å². The maximum Gasteiger partial charge on any atom is 0.417 e. The van der Waals surface area contributed by atoms with Crippen LogP contribution in [0.1, 0.15) is 27.0 Å². The quantitative estimate of drug-likeness (QED) is 0.746. The number of halogens is 6. The number of nitrogens with one attached hydrogen (secondary N) is 2. The predicted molar refractivity (Wildman–Crippen MR) is 86.5 cm³/mol. The molecule has 0 spiro atoms. The van der Waals surface area contributed by atoms with Gasteiger partial charge in [-0.05, 0) is 17.7 Å². The van der Waals surface area contributed by atoms with Crippen LogP contribution in [0.3, 0.4) is 0 Å². The second kappa shape index (κ2) is 6.84. The first kappa shape index (κ1) is 19.7. The van der Waals surface area contributed by atoms with Gasteiger partial charge in [-0.25, -0.2) is 0 Å². The molecule has 2 aromatic rings. The molecule has 0 aromatic heterocycles. The van der Waals surface area contributed by atoms with Crippen molar-refractivity contribution in [3.8, 4) is 0 Å². The van der Waals surface area contributed by atoms with E-state index < -0.39 is 52.6 Å². The SMILES string of the molecule is O=C1NC(Cc2ccccc2)C(=O)Nc2cc(C(F)(F)F)cc(C(F)(F)F)c21. The van der Waals surface area contributed by atoms with Crippen molar-refractivity contribution in [2.45, 2.75) is 24.8 Å². The first-order chi connectivity index (χ1) is 13.0. The largest absolute Gasteiger partial charge is 0.417 e. The summed E-state index contributed by atoms with van der Waals surface area (Å²) >= 11 is 0. The summed E-state index contributed by atoms with van der Waals surface area (Å²) in [4.78, 5) is 24.8. The van der Waals surface area contributed by atoms with Crippen molar-refractivity contribution < 1.29 is 35.9 Å². The van der Waals surface area contributed by atoms with Gasteiger partial charge in [0, 0.05) is 6.42 Å². The molecule has 0 saturated heterocycles. The summed E-state index contributed by atoms with van der Waals surface area (Å²) < 4.78 is 79.0. The van der Waals surface area contributed by atoms with Crippen LogP contribution < -0.4 is 10.6 Å². The number of carbonyl (C=O) groups is 2. The monoisotopic (exact) mass is 402 g/mol. The van der Waals surface area contributed by atoms with E-state index in [1.807, 2.05) is 5.32 Å². The molecule has 0 saturated carbocycles. The Kier molecular flexibility index (Phi) is 4.82. The number of fused-ring (bicyclic) bond motifs is 1. The zero-order valence-electron chi connectivity index (χ0n) is 13.9. The summed E-state index contributed by atoms with van der Waals surface area (Å²) in [5, 5.41) is 4.20. The van der Waals surface area contributed by atoms with Gasteiger partial charge in [0.25, 0.3) is 5.91 Å². The minimum atomic E-state index is -5.23. The molecule has 1 aliphatic rings. The summed E-state index contributed by atoms with van der Waals surface area (Å²) in [5.74, 6) is -2.20. The summed E-state index contributed by atoms with van der Waals surface area (Å²) in [6.45, 7) is 0. The molecule has 1 unspecified atom stereocenters. The van der Waals surface area contributed by atoms with Gasteiger partial charge >= 0.3 is 12.4 Å². The van der Waals surface area contributed by atoms with Crippen LogP contribution in [0.5, 0.6) is 0 Å². The zero-order chi connectivity index (χ0) is 20.7. The van der Waals surface area contributed by atoms with Gasteiger partial charge in [-0.1, -0.05) is 30.3 Å². The van der Waals surface area contributed by atoms with Crippen LogP contribution in [0.25, 0.3) is 0 Å². The average molecular weight is 402 g/mol.